The van der Waals surface area contributed by atoms with Crippen LogP contribution in [0.3, 0.4) is 0 Å². The number of halogens is 7. The molecule has 131 heavy (non-hydrogen) atoms. The molecule has 22 rings (SSSR count). The van der Waals surface area contributed by atoms with Gasteiger partial charge in [-0.1, -0.05) is 120 Å². The minimum atomic E-state index is -0.421. The molecular formula is C93H105Cl2F5N30O. The van der Waals surface area contributed by atoms with Crippen LogP contribution >= 0.6 is 23.2 Å². The van der Waals surface area contributed by atoms with Gasteiger partial charge in [0.1, 0.15) is 121 Å². The van der Waals surface area contributed by atoms with Crippen LogP contribution in [0.1, 0.15) is 225 Å². The third kappa shape index (κ3) is 22.6. The molecule has 14 heterocycles. The Balaban J connectivity index is 0.000000110. The van der Waals surface area contributed by atoms with Gasteiger partial charge in [0.15, 0.2) is 28.7 Å². The molecule has 7 aliphatic rings. The zero-order valence-electron chi connectivity index (χ0n) is 73.1. The second-order valence-electron chi connectivity index (χ2n) is 34.8. The van der Waals surface area contributed by atoms with Crippen molar-refractivity contribution in [3.05, 3.63) is 184 Å². The predicted molar refractivity (Wildman–Crippen MR) is 499 cm³/mol. The van der Waals surface area contributed by atoms with E-state index in [9.17, 15) is 22.0 Å². The summed E-state index contributed by atoms with van der Waals surface area (Å²) >= 11 is 12.3. The number of aromatic amines is 5. The van der Waals surface area contributed by atoms with Crippen LogP contribution in [-0.4, -0.2) is 175 Å². The number of ether oxygens (including phenoxy) is 1. The van der Waals surface area contributed by atoms with E-state index in [1.807, 2.05) is 25.1 Å². The molecule has 0 amide bonds. The summed E-state index contributed by atoms with van der Waals surface area (Å²) in [6, 6.07) is 25.6. The largest absolute Gasteiger partial charge is 0.378 e. The first-order valence-electron chi connectivity index (χ1n) is 45.7. The lowest BCUT2D eigenvalue weighted by atomic mass is 9.88. The predicted octanol–water partition coefficient (Wildman–Crippen LogP) is 21.4. The van der Waals surface area contributed by atoms with Crippen LogP contribution in [0.25, 0.3) is 54.8 Å². The Bertz CT molecular complexity index is 6020. The normalized spacial score (nSPS) is 17.0. The summed E-state index contributed by atoms with van der Waals surface area (Å²) in [4.78, 5) is 61.7. The van der Waals surface area contributed by atoms with Crippen LogP contribution in [0.4, 0.5) is 91.8 Å². The first-order valence-corrected chi connectivity index (χ1v) is 46.5. The number of likely N-dealkylation sites (N-methyl/N-ethyl adjacent to an activating group) is 1. The maximum atomic E-state index is 13.8. The van der Waals surface area contributed by atoms with E-state index >= 15 is 0 Å². The Hall–Kier alpha value is -12.5. The van der Waals surface area contributed by atoms with E-state index in [0.717, 1.165) is 185 Å². The molecule has 2 aliphatic heterocycles. The Morgan fingerprint density at radius 1 is 0.328 bits per heavy atom. The molecule has 0 bridgehead atoms. The lowest BCUT2D eigenvalue weighted by Gasteiger charge is -2.33. The van der Waals surface area contributed by atoms with Crippen molar-refractivity contribution in [2.45, 2.75) is 197 Å². The van der Waals surface area contributed by atoms with Crippen LogP contribution in [0.15, 0.2) is 109 Å². The number of benzene rings is 3. The second-order valence-corrected chi connectivity index (χ2v) is 35.6. The first-order chi connectivity index (χ1) is 64.0. The monoisotopic (exact) mass is 1820 g/mol. The molecule has 12 aromatic heterocycles. The van der Waals surface area contributed by atoms with Gasteiger partial charge in [-0.2, -0.15) is 25.5 Å². The van der Waals surface area contributed by atoms with Gasteiger partial charge in [-0.15, -0.1) is 0 Å². The second kappa shape index (κ2) is 41.7. The minimum Gasteiger partial charge on any atom is -0.378 e. The maximum absolute atomic E-state index is 13.8. The lowest BCUT2D eigenvalue weighted by molar-refractivity contribution is 0.122. The van der Waals surface area contributed by atoms with Crippen LogP contribution in [0.2, 0.25) is 10.3 Å². The molecule has 0 spiro atoms. The Morgan fingerprint density at radius 2 is 0.649 bits per heavy atom. The van der Waals surface area contributed by atoms with Gasteiger partial charge in [0, 0.05) is 121 Å². The number of morpholine rings is 1. The molecule has 682 valence electrons. The number of pyridine rings is 2. The topological polar surface area (TPSA) is 377 Å². The summed E-state index contributed by atoms with van der Waals surface area (Å²) in [7, 11) is 2.15. The van der Waals surface area contributed by atoms with Gasteiger partial charge in [-0.05, 0) is 145 Å². The van der Waals surface area contributed by atoms with Crippen molar-refractivity contribution in [3.63, 3.8) is 0 Å². The SMILES string of the molecule is CN1CCN(c2cc(Nc3n[nH]c4ccc(F)cc34)nc(C3CCCCC3)n2)CC1.Cc1cc(Nc2[nH]nc3ncc(F)cc23)nc(C2CCCCC2)n1.Fc1ccc2[nH]nc(Nc3cc(Cl)nc(C4CCCCC4)n3)c2c1.Fc1ccc2[nH]nc(Nc3cc(N4CCOCC4)nc(C4CCCCC4)n3)c2c1.Fc1cnc2n[nH]c(Nc3cc(Cl)nc(C4CCCCC4)n3)c2c1. The number of piperazine rings is 1. The molecule has 7 fully saturated rings. The Kier molecular flexibility index (Phi) is 28.4. The highest BCUT2D eigenvalue weighted by molar-refractivity contribution is 6.30. The van der Waals surface area contributed by atoms with Crippen molar-refractivity contribution in [1.29, 1.82) is 0 Å². The highest BCUT2D eigenvalue weighted by atomic mass is 35.5. The fourth-order valence-corrected chi connectivity index (χ4v) is 18.7. The van der Waals surface area contributed by atoms with Crippen LogP contribution in [0, 0.1) is 36.0 Å². The van der Waals surface area contributed by atoms with Crippen LogP contribution in [-0.2, 0) is 4.74 Å². The molecule has 10 N–H and O–H groups in total. The van der Waals surface area contributed by atoms with Gasteiger partial charge in [-0.3, -0.25) is 25.5 Å². The van der Waals surface area contributed by atoms with Gasteiger partial charge in [-0.25, -0.2) is 81.8 Å². The summed E-state index contributed by atoms with van der Waals surface area (Å²) in [5.41, 5.74) is 4.15. The summed E-state index contributed by atoms with van der Waals surface area (Å²) in [5.74, 6) is 12.4. The van der Waals surface area contributed by atoms with Crippen molar-refractivity contribution in [2.24, 2.45) is 0 Å². The van der Waals surface area contributed by atoms with Crippen LogP contribution < -0.4 is 36.4 Å². The van der Waals surface area contributed by atoms with Gasteiger partial charge in [0.25, 0.3) is 0 Å². The van der Waals surface area contributed by atoms with Gasteiger partial charge >= 0.3 is 0 Å². The number of nitrogens with zero attached hydrogens (tertiary/aromatic N) is 20. The van der Waals surface area contributed by atoms with Gasteiger partial charge in [0.05, 0.1) is 52.9 Å². The molecule has 0 radical (unpaired) electrons. The average molecular weight is 1820 g/mol. The van der Waals surface area contributed by atoms with E-state index in [1.54, 1.807) is 30.3 Å². The van der Waals surface area contributed by atoms with E-state index < -0.39 is 11.6 Å². The zero-order chi connectivity index (χ0) is 89.7. The Morgan fingerprint density at radius 3 is 1.02 bits per heavy atom. The quantitative estimate of drug-likeness (QED) is 0.0299. The molecule has 5 aliphatic carbocycles. The van der Waals surface area contributed by atoms with E-state index in [0.29, 0.717) is 144 Å². The molecular weight excluding hydrogens is 1720 g/mol. The van der Waals surface area contributed by atoms with Gasteiger partial charge in [0.2, 0.25) is 0 Å². The number of fused-ring (bicyclic) bond motifs is 5. The zero-order valence-corrected chi connectivity index (χ0v) is 74.6. The number of nitrogens with one attached hydrogen (secondary N) is 10. The van der Waals surface area contributed by atoms with Crippen molar-refractivity contribution < 1.29 is 26.7 Å². The summed E-state index contributed by atoms with van der Waals surface area (Å²) in [6.07, 6.45) is 32.1. The van der Waals surface area contributed by atoms with E-state index in [1.165, 1.54) is 145 Å². The number of anilines is 12. The molecule has 5 saturated carbocycles. The van der Waals surface area contributed by atoms with Crippen molar-refractivity contribution >= 4 is 148 Å². The molecule has 0 atom stereocenters. The highest BCUT2D eigenvalue weighted by Gasteiger charge is 2.29. The maximum Gasteiger partial charge on any atom is 0.183 e. The number of aryl methyl sites for hydroxylation is 1. The first kappa shape index (κ1) is 89.1. The third-order valence-electron chi connectivity index (χ3n) is 25.3. The smallest absolute Gasteiger partial charge is 0.183 e. The van der Waals surface area contributed by atoms with Gasteiger partial charge < -0.3 is 46.0 Å². The van der Waals surface area contributed by atoms with E-state index in [4.69, 9.17) is 47.9 Å². The number of rotatable bonds is 17. The number of H-pyrrole nitrogens is 5. The molecule has 38 heteroatoms. The molecule has 0 unspecified atom stereocenters. The van der Waals surface area contributed by atoms with E-state index in [2.05, 4.69) is 139 Å². The number of aromatic nitrogens is 22. The lowest BCUT2D eigenvalue weighted by Crippen LogP contribution is -2.45. The van der Waals surface area contributed by atoms with E-state index in [-0.39, 0.29) is 17.5 Å². The highest BCUT2D eigenvalue weighted by Crippen LogP contribution is 2.41. The number of hydrogen-bond acceptors (Lipinski definition) is 26. The van der Waals surface area contributed by atoms with Crippen LogP contribution in [0.5, 0.6) is 0 Å². The summed E-state index contributed by atoms with van der Waals surface area (Å²) < 4.78 is 73.4. The van der Waals surface area contributed by atoms with Crippen molar-refractivity contribution in [2.75, 3.05) is 95.9 Å². The fourth-order valence-electron chi connectivity index (χ4n) is 18.4. The Labute approximate surface area is 762 Å². The molecule has 31 nitrogen and oxygen atoms in total. The summed E-state index contributed by atoms with van der Waals surface area (Å²) in [5, 5.41) is 55.5. The van der Waals surface area contributed by atoms with Crippen molar-refractivity contribution in [3.8, 4) is 0 Å². The third-order valence-corrected chi connectivity index (χ3v) is 25.7. The number of hydrogen-bond donors (Lipinski definition) is 10. The average Bonchev–Trinajstić information content (AvgIpc) is 1.55. The fraction of sp³-hybridized carbons (Fsp3) is 0.430. The molecule has 15 aromatic rings. The standard InChI is InChI=1S/C22H28FN7.C21H25FN6O.C17H17ClFN5.C17H19FN6.C16H16ClFN6/c1-29-9-11-30(12-10-29)20-14-19(24-21(26-20)15-5-3-2-4-6-15)25-22-17-13-16(23)7-8-18(17)27-28-22;22-15-6-7-17-16(12-15)21(27-26-17)24-18-13-19(28-8-10-29-11-9-28)25-20(23-18)14-4-2-1-3-5-14;18-14-9-15(21-16(20-14)10-4-2-1-3-5-10)22-17-12-8-11(19)6-7-13(12)23-24-17;1-10-7-14(21-15(20-10)11-5-3-2-4-6-11)22-17-13-8-12(18)9-19-16(13)23-24-17;17-12-7-13(21-14(20-12)9-4-2-1-3-5-9)22-16-11-6-10(18)8-19-15(11)23-24-16/h7-8,13-15H,2-6,9-12H2,1H3,(H2,24,25,26,27,28);6-7,12-14H,1-5,8-11H2,(H2,23,24,25,26,27);6-10H,1-5H2,(H2,20,21,22,23,24);7-9,11H,2-6H2,1H3,(H2,19,20,21,22,23,24);6-9H,1-5H2,(H2,19,20,21,22,23,24). The van der Waals surface area contributed by atoms with Crippen molar-refractivity contribution in [1.82, 2.24) is 116 Å². The molecule has 2 saturated heterocycles. The minimum absolute atomic E-state index is 0.282. The summed E-state index contributed by atoms with van der Waals surface area (Å²) in [6.45, 7) is 8.95. The molecule has 3 aromatic carbocycles.